The van der Waals surface area contributed by atoms with Crippen molar-refractivity contribution in [1.29, 1.82) is 0 Å². The Morgan fingerprint density at radius 1 is 1.12 bits per heavy atom. The molecule has 3 aromatic carbocycles. The Kier molecular flexibility index (Phi) is 7.77. The van der Waals surface area contributed by atoms with Crippen molar-refractivity contribution in [3.63, 3.8) is 0 Å². The summed E-state index contributed by atoms with van der Waals surface area (Å²) in [7, 11) is 0. The van der Waals surface area contributed by atoms with Crippen LogP contribution in [0.25, 0.3) is 0 Å². The molecule has 3 aromatic rings. The third-order valence-corrected chi connectivity index (χ3v) is 4.55. The summed E-state index contributed by atoms with van der Waals surface area (Å²) in [5, 5.41) is 15.1. The lowest BCUT2D eigenvalue weighted by Gasteiger charge is -2.13. The van der Waals surface area contributed by atoms with Crippen molar-refractivity contribution in [1.82, 2.24) is 5.43 Å². The van der Waals surface area contributed by atoms with Crippen LogP contribution in [0.2, 0.25) is 5.02 Å². The fourth-order valence-electron chi connectivity index (χ4n) is 2.66. The van der Waals surface area contributed by atoms with Gasteiger partial charge in [-0.25, -0.2) is 5.43 Å². The Bertz CT molecular complexity index is 1100. The van der Waals surface area contributed by atoms with E-state index < -0.39 is 16.9 Å². The lowest BCUT2D eigenvalue weighted by Crippen LogP contribution is -2.33. The van der Waals surface area contributed by atoms with Crippen LogP contribution < -0.4 is 14.9 Å². The van der Waals surface area contributed by atoms with E-state index in [0.29, 0.717) is 23.1 Å². The maximum absolute atomic E-state index is 12.2. The summed E-state index contributed by atoms with van der Waals surface area (Å²) in [6.07, 6.45) is 0.311. The van der Waals surface area contributed by atoms with Crippen LogP contribution in [0.15, 0.2) is 77.9 Å². The smallest absolute Gasteiger partial charge is 0.280 e. The lowest BCUT2D eigenvalue weighted by atomic mass is 10.2. The number of carbonyl (C=O) groups excluding carboxylic acids is 1. The third-order valence-electron chi connectivity index (χ3n) is 4.32. The maximum atomic E-state index is 12.2. The quantitative estimate of drug-likeness (QED) is 0.286. The molecule has 0 aromatic heterocycles. The van der Waals surface area contributed by atoms with Gasteiger partial charge in [0.2, 0.25) is 0 Å². The van der Waals surface area contributed by atoms with Crippen LogP contribution in [-0.2, 0) is 11.4 Å². The van der Waals surface area contributed by atoms with Gasteiger partial charge in [0.1, 0.15) is 18.1 Å². The summed E-state index contributed by atoms with van der Waals surface area (Å²) in [6.45, 7) is 2.01. The Balaban J connectivity index is 1.51. The molecule has 3 rings (SSSR count). The van der Waals surface area contributed by atoms with Crippen LogP contribution in [0.1, 0.15) is 18.1 Å². The minimum atomic E-state index is -0.849. The molecular formula is C23H20ClN3O5. The normalized spacial score (nSPS) is 11.7. The van der Waals surface area contributed by atoms with Crippen LogP contribution in [0.3, 0.4) is 0 Å². The molecule has 8 nitrogen and oxygen atoms in total. The molecule has 1 atom stereocenters. The highest BCUT2D eigenvalue weighted by atomic mass is 35.5. The van der Waals surface area contributed by atoms with E-state index in [0.717, 1.165) is 11.8 Å². The Morgan fingerprint density at radius 2 is 1.81 bits per heavy atom. The second-order valence-corrected chi connectivity index (χ2v) is 7.14. The zero-order valence-electron chi connectivity index (χ0n) is 17.1. The monoisotopic (exact) mass is 453 g/mol. The highest BCUT2D eigenvalue weighted by molar-refractivity contribution is 6.31. The zero-order chi connectivity index (χ0) is 22.9. The molecule has 9 heteroatoms. The van der Waals surface area contributed by atoms with Crippen LogP contribution in [0.4, 0.5) is 5.69 Å². The minimum Gasteiger partial charge on any atom is -0.489 e. The number of rotatable bonds is 9. The predicted octanol–water partition coefficient (Wildman–Crippen LogP) is 4.74. The van der Waals surface area contributed by atoms with E-state index in [-0.39, 0.29) is 11.3 Å². The van der Waals surface area contributed by atoms with E-state index in [9.17, 15) is 14.9 Å². The van der Waals surface area contributed by atoms with Crippen molar-refractivity contribution < 1.29 is 19.2 Å². The molecular weight excluding hydrogens is 434 g/mol. The van der Waals surface area contributed by atoms with Crippen molar-refractivity contribution in [2.45, 2.75) is 19.6 Å². The first-order chi connectivity index (χ1) is 15.4. The van der Waals surface area contributed by atoms with E-state index in [1.165, 1.54) is 18.2 Å². The standard InChI is InChI=1S/C23H20ClN3O5/c1-16(23(28)26-25-14-18-13-19(24)7-12-22(18)27(29)30)32-21-10-8-20(9-11-21)31-15-17-5-3-2-4-6-17/h2-14,16H,15H2,1H3,(H,26,28)/b25-14-/t16-/m1/s1. The van der Waals surface area contributed by atoms with Crippen molar-refractivity contribution in [3.05, 3.63) is 99.1 Å². The molecule has 0 radical (unpaired) electrons. The number of hydrazone groups is 1. The summed E-state index contributed by atoms with van der Waals surface area (Å²) in [4.78, 5) is 22.7. The average Bonchev–Trinajstić information content (AvgIpc) is 2.79. The molecule has 0 bridgehead atoms. The van der Waals surface area contributed by atoms with Crippen LogP contribution in [0.5, 0.6) is 11.5 Å². The first kappa shape index (κ1) is 22.8. The predicted molar refractivity (Wildman–Crippen MR) is 121 cm³/mol. The van der Waals surface area contributed by atoms with E-state index in [1.54, 1.807) is 31.2 Å². The molecule has 0 saturated heterocycles. The second kappa shape index (κ2) is 10.9. The van der Waals surface area contributed by atoms with Gasteiger partial charge in [-0.3, -0.25) is 14.9 Å². The van der Waals surface area contributed by atoms with Gasteiger partial charge in [-0.15, -0.1) is 0 Å². The number of nitro benzene ring substituents is 1. The number of halogens is 1. The Labute approximate surface area is 189 Å². The van der Waals surface area contributed by atoms with Crippen LogP contribution in [-0.4, -0.2) is 23.1 Å². The summed E-state index contributed by atoms with van der Waals surface area (Å²) in [5.41, 5.74) is 3.35. The summed E-state index contributed by atoms with van der Waals surface area (Å²) in [5.74, 6) is 0.635. The van der Waals surface area contributed by atoms with Crippen molar-refractivity contribution in [2.75, 3.05) is 0 Å². The topological polar surface area (TPSA) is 103 Å². The molecule has 1 amide bonds. The van der Waals surface area contributed by atoms with Gasteiger partial charge in [0, 0.05) is 11.1 Å². The van der Waals surface area contributed by atoms with Gasteiger partial charge >= 0.3 is 0 Å². The van der Waals surface area contributed by atoms with Gasteiger partial charge in [0.05, 0.1) is 16.7 Å². The fraction of sp³-hybridized carbons (Fsp3) is 0.130. The molecule has 0 aliphatic rings. The largest absolute Gasteiger partial charge is 0.489 e. The van der Waals surface area contributed by atoms with E-state index in [4.69, 9.17) is 21.1 Å². The minimum absolute atomic E-state index is 0.169. The van der Waals surface area contributed by atoms with Gasteiger partial charge in [-0.2, -0.15) is 5.10 Å². The Hall–Kier alpha value is -3.91. The van der Waals surface area contributed by atoms with E-state index in [2.05, 4.69) is 10.5 Å². The SMILES string of the molecule is C[C@@H](Oc1ccc(OCc2ccccc2)cc1)C(=O)N/N=C\c1cc(Cl)ccc1[N+](=O)[O-]. The molecule has 1 N–H and O–H groups in total. The molecule has 32 heavy (non-hydrogen) atoms. The lowest BCUT2D eigenvalue weighted by molar-refractivity contribution is -0.385. The first-order valence-electron chi connectivity index (χ1n) is 9.62. The number of hydrogen-bond donors (Lipinski definition) is 1. The maximum Gasteiger partial charge on any atom is 0.280 e. The molecule has 0 aliphatic carbocycles. The van der Waals surface area contributed by atoms with Gasteiger partial charge in [0.25, 0.3) is 11.6 Å². The zero-order valence-corrected chi connectivity index (χ0v) is 17.9. The van der Waals surface area contributed by atoms with Gasteiger partial charge in [0.15, 0.2) is 6.10 Å². The number of benzene rings is 3. The molecule has 0 saturated carbocycles. The number of carbonyl (C=O) groups is 1. The number of nitrogens with one attached hydrogen (secondary N) is 1. The highest BCUT2D eigenvalue weighted by Gasteiger charge is 2.15. The number of hydrogen-bond acceptors (Lipinski definition) is 6. The molecule has 0 unspecified atom stereocenters. The van der Waals surface area contributed by atoms with Crippen molar-refractivity contribution in [3.8, 4) is 11.5 Å². The average molecular weight is 454 g/mol. The molecule has 0 spiro atoms. The number of amides is 1. The summed E-state index contributed by atoms with van der Waals surface area (Å²) >= 11 is 5.87. The number of ether oxygens (including phenoxy) is 2. The summed E-state index contributed by atoms with van der Waals surface area (Å²) in [6, 6.07) is 20.7. The second-order valence-electron chi connectivity index (χ2n) is 6.70. The molecule has 164 valence electrons. The van der Waals surface area contributed by atoms with Gasteiger partial charge in [-0.05, 0) is 48.9 Å². The van der Waals surface area contributed by atoms with Crippen LogP contribution in [0, 0.1) is 10.1 Å². The number of nitrogens with zero attached hydrogens (tertiary/aromatic N) is 2. The molecule has 0 heterocycles. The number of nitro groups is 1. The van der Waals surface area contributed by atoms with Gasteiger partial charge < -0.3 is 9.47 Å². The van der Waals surface area contributed by atoms with Crippen LogP contribution >= 0.6 is 11.6 Å². The fourth-order valence-corrected chi connectivity index (χ4v) is 2.84. The molecule has 0 aliphatic heterocycles. The first-order valence-corrected chi connectivity index (χ1v) is 10.0. The van der Waals surface area contributed by atoms with Crippen molar-refractivity contribution >= 4 is 29.4 Å². The highest BCUT2D eigenvalue weighted by Crippen LogP contribution is 2.21. The van der Waals surface area contributed by atoms with E-state index in [1.807, 2.05) is 30.3 Å². The van der Waals surface area contributed by atoms with Gasteiger partial charge in [-0.1, -0.05) is 41.9 Å². The van der Waals surface area contributed by atoms with E-state index >= 15 is 0 Å². The Morgan fingerprint density at radius 3 is 2.50 bits per heavy atom. The third kappa shape index (κ3) is 6.55. The van der Waals surface area contributed by atoms with Crippen molar-refractivity contribution in [2.24, 2.45) is 5.10 Å². The molecule has 0 fully saturated rings. The summed E-state index contributed by atoms with van der Waals surface area (Å²) < 4.78 is 11.3.